The Balaban J connectivity index is -0.000000237. The number of esters is 6. The van der Waals surface area contributed by atoms with Crippen LogP contribution in [0.5, 0.6) is 11.5 Å². The second kappa shape index (κ2) is 71.4. The zero-order chi connectivity index (χ0) is 116. The summed E-state index contributed by atoms with van der Waals surface area (Å²) in [6.07, 6.45) is -0.744. The molecule has 0 saturated heterocycles. The summed E-state index contributed by atoms with van der Waals surface area (Å²) < 4.78 is 113. The minimum atomic E-state index is -4.88. The highest BCUT2D eigenvalue weighted by atomic mass is 35.6. The number of ether oxygens (including phenoxy) is 8. The van der Waals surface area contributed by atoms with Crippen LogP contribution in [0.4, 0.5) is 23.7 Å². The molecule has 36 heteroatoms. The quantitative estimate of drug-likeness (QED) is 0.0157. The van der Waals surface area contributed by atoms with Gasteiger partial charge in [0.15, 0.2) is 27.1 Å². The average molecular weight is 2180 g/mol. The van der Waals surface area contributed by atoms with Crippen LogP contribution in [0.25, 0.3) is 0 Å². The third-order valence-corrected chi connectivity index (χ3v) is 17.7. The van der Waals surface area contributed by atoms with Crippen LogP contribution < -0.4 is 14.8 Å². The molecule has 1 aliphatic rings. The number of rotatable bonds is 16. The van der Waals surface area contributed by atoms with Gasteiger partial charge in [-0.15, -0.1) is 0 Å². The van der Waals surface area contributed by atoms with Crippen LogP contribution >= 0.6 is 56.0 Å². The van der Waals surface area contributed by atoms with Crippen LogP contribution in [0.1, 0.15) is 331 Å². The third-order valence-electron chi connectivity index (χ3n) is 13.7. The van der Waals surface area contributed by atoms with Crippen molar-refractivity contribution in [1.29, 1.82) is 0 Å². The van der Waals surface area contributed by atoms with E-state index in [1.807, 2.05) is 195 Å². The predicted octanol–water partition coefficient (Wildman–Crippen LogP) is 29.8. The normalized spacial score (nSPS) is 12.1. The molecule has 1 aromatic heterocycles. The molecule has 0 atom stereocenters. The number of imidazole rings is 1. The molecule has 0 saturated carbocycles. The number of carbonyl (C=O) groups is 7. The molecule has 6 rings (SSSR count). The Kier molecular flexibility index (Phi) is 75.3. The standard InChI is InChI=1S/C14H20O4S.C12H15NO4.C12H16O2.C11H15O3P.C9H14N2O2.C7H11Cl3O2.C7H11F3O2.C7H14O2.C6H14O.C5H13N.C5H12O.C5H12S.C5H12.C4H10/c1-11-5-7-12(8-6-11)19(16,17)9-13(15)18-10-14(2,3)4;1-12(2,3)8-17-11(14)9-4-6-10(7-5-9)13(15)16;1-12(2,3)9-14-11(13)10-7-5-4-6-8-10;1-11(2,3)8-12-15-13-9-6-4-5-7-10(9)14-15;1-9(2,3)6-13-8(12)11-5-4-10-7-11;2*1-6(2,3)4-12-5(11)7(8,9)10;1-6(8)9-5-7(2,3)4;1-6(2,3)5-7-4;3*1-5(2,3)4-6;1-5(2,3)4;1-4(2)3/h5-8H,9-10H2,1-4H3;4-7H,8H2,1-3H3;4-8H,9H2,1-3H3;4-7H,8H2,1-3H3;4-5,7H,6H2,1-3H3;2*4H2,1-3H3;5H2,1-4H3;5H2,1-4H3;4,6H2,1-3H3;2*6H,4H2,1-3H3;1-4H3;4H,1-3H3. The van der Waals surface area contributed by atoms with E-state index in [1.165, 1.54) is 54.2 Å². The fourth-order valence-electron chi connectivity index (χ4n) is 6.63. The van der Waals surface area contributed by atoms with E-state index in [9.17, 15) is 65.3 Å². The highest BCUT2D eigenvalue weighted by Crippen LogP contribution is 2.53. The summed E-state index contributed by atoms with van der Waals surface area (Å²) in [7, 11) is -3.13. The third kappa shape index (κ3) is 115. The van der Waals surface area contributed by atoms with Gasteiger partial charge in [0, 0.05) is 45.2 Å². The van der Waals surface area contributed by atoms with E-state index in [4.69, 9.17) is 92.4 Å². The Hall–Kier alpha value is -7.39. The number of nitrogens with zero attached hydrogens (tertiary/aromatic N) is 3. The van der Waals surface area contributed by atoms with Crippen molar-refractivity contribution in [1.82, 2.24) is 9.55 Å². The molecule has 3 N–H and O–H groups in total. The first-order valence-electron chi connectivity index (χ1n) is 47.7. The van der Waals surface area contributed by atoms with E-state index < -0.39 is 68.4 Å². The van der Waals surface area contributed by atoms with E-state index in [-0.39, 0.29) is 98.4 Å². The minimum absolute atomic E-state index is 0.00373. The monoisotopic (exact) mass is 2180 g/mol. The fraction of sp³-hybridized carbons (Fsp3) is 0.688. The van der Waals surface area contributed by atoms with E-state index in [0.29, 0.717) is 65.8 Å². The van der Waals surface area contributed by atoms with E-state index in [2.05, 4.69) is 154 Å². The van der Waals surface area contributed by atoms with Crippen molar-refractivity contribution < 1.29 is 117 Å². The van der Waals surface area contributed by atoms with Crippen molar-refractivity contribution in [2.24, 2.45) is 82.0 Å². The molecule has 842 valence electrons. The molecular weight excluding hydrogens is 1990 g/mol. The van der Waals surface area contributed by atoms with Gasteiger partial charge in [0.05, 0.1) is 80.4 Å². The summed E-state index contributed by atoms with van der Waals surface area (Å²) in [5, 5.41) is 18.8. The number of carbonyl (C=O) groups excluding carboxylic acids is 7. The number of nitro benzene ring substituents is 1. The van der Waals surface area contributed by atoms with E-state index in [0.717, 1.165) is 41.9 Å². The van der Waals surface area contributed by atoms with Crippen molar-refractivity contribution in [3.63, 3.8) is 0 Å². The summed E-state index contributed by atoms with van der Waals surface area (Å²) >= 11 is 19.9. The number of aliphatic hydroxyl groups is 1. The number of aliphatic hydroxyl groups excluding tert-OH is 1. The number of halogens is 6. The molecule has 0 radical (unpaired) electrons. The van der Waals surface area contributed by atoms with Crippen LogP contribution in [-0.4, -0.2) is 171 Å². The van der Waals surface area contributed by atoms with Crippen molar-refractivity contribution in [2.75, 3.05) is 91.2 Å². The number of nitrogens with two attached hydrogens (primary N) is 1. The van der Waals surface area contributed by atoms with Crippen molar-refractivity contribution in [3.8, 4) is 11.5 Å². The predicted molar refractivity (Wildman–Crippen MR) is 590 cm³/mol. The SMILES string of the molecule is CC(=O)OCC(C)(C)C.CC(C)(C)C.CC(C)(C)CN.CC(C)(C)CO.CC(C)(C)COC(=O)C(Cl)(Cl)Cl.CC(C)(C)COC(=O)C(F)(F)F.CC(C)(C)COC(=O)c1ccc([N+](=O)[O-])cc1.CC(C)(C)COC(=O)c1ccccc1.CC(C)(C)COC(=O)n1ccnc1.CC(C)(C)COP1Oc2ccccc2O1.CC(C)(C)CS.CC(C)C.COCC(C)(C)C.Cc1ccc(S(=O)(=O)CC(=O)OCC(C)(C)C)cc1. The number of methoxy groups -OCH3 is 1. The number of para-hydroxylation sites is 2. The topological polar surface area (TPSA) is 362 Å². The van der Waals surface area contributed by atoms with Gasteiger partial charge in [-0.3, -0.25) is 24.2 Å². The number of hydrogen-bond acceptors (Lipinski definition) is 26. The molecule has 0 aliphatic carbocycles. The molecule has 1 aliphatic heterocycles. The van der Waals surface area contributed by atoms with Gasteiger partial charge < -0.3 is 57.8 Å². The first-order chi connectivity index (χ1) is 64.6. The first-order valence-corrected chi connectivity index (χ1v) is 52.2. The Morgan fingerprint density at radius 2 is 0.786 bits per heavy atom. The van der Waals surface area contributed by atoms with Gasteiger partial charge in [-0.1, -0.05) is 381 Å². The number of aryl methyl sites for hydroxylation is 1. The first kappa shape index (κ1) is 153. The van der Waals surface area contributed by atoms with E-state index >= 15 is 0 Å². The summed E-state index contributed by atoms with van der Waals surface area (Å²) in [6.45, 7) is 95.1. The molecule has 5 aromatic rings. The van der Waals surface area contributed by atoms with Gasteiger partial charge in [-0.25, -0.2) is 41.9 Å². The van der Waals surface area contributed by atoms with Crippen LogP contribution in [-0.2, 0) is 71.4 Å². The lowest BCUT2D eigenvalue weighted by molar-refractivity contribution is -0.384. The van der Waals surface area contributed by atoms with Gasteiger partial charge in [0.2, 0.25) is 0 Å². The molecule has 0 unspecified atom stereocenters. The number of thiol groups is 1. The number of hydrogen-bond donors (Lipinski definition) is 3. The van der Waals surface area contributed by atoms with Gasteiger partial charge >= 0.3 is 56.7 Å². The average Bonchev–Trinajstić information content (AvgIpc) is 1.47. The molecular formula is C109H189Cl3F3N4O23PS2. The lowest BCUT2D eigenvalue weighted by atomic mass is 9.98. The molecule has 0 bridgehead atoms. The fourth-order valence-corrected chi connectivity index (χ4v) is 9.16. The maximum atomic E-state index is 12.0. The smallest absolute Gasteiger partial charge is 0.465 e. The summed E-state index contributed by atoms with van der Waals surface area (Å²) in [4.78, 5) is 91.0. The number of benzene rings is 4. The van der Waals surface area contributed by atoms with Crippen molar-refractivity contribution in [3.05, 3.63) is 149 Å². The number of non-ortho nitro benzene ring substituents is 1. The number of alkyl halides is 6. The van der Waals surface area contributed by atoms with Gasteiger partial charge in [0.25, 0.3) is 9.48 Å². The summed E-state index contributed by atoms with van der Waals surface area (Å²) in [5.41, 5.74) is 8.20. The maximum absolute atomic E-state index is 12.0. The number of sulfone groups is 1. The van der Waals surface area contributed by atoms with Gasteiger partial charge in [-0.2, -0.15) is 25.8 Å². The number of fused-ring (bicyclic) bond motifs is 1. The summed E-state index contributed by atoms with van der Waals surface area (Å²) in [6, 6.07) is 28.4. The van der Waals surface area contributed by atoms with Crippen LogP contribution in [0, 0.1) is 93.4 Å². The zero-order valence-electron chi connectivity index (χ0n) is 96.7. The maximum Gasteiger partial charge on any atom is 0.490 e. The lowest BCUT2D eigenvalue weighted by Gasteiger charge is -2.19. The van der Waals surface area contributed by atoms with Crippen LogP contribution in [0.3, 0.4) is 0 Å². The highest BCUT2D eigenvalue weighted by Gasteiger charge is 2.42. The van der Waals surface area contributed by atoms with E-state index in [1.54, 1.807) is 64.5 Å². The molecule has 0 amide bonds. The van der Waals surface area contributed by atoms with Gasteiger partial charge in [-0.05, 0) is 144 Å². The Labute approximate surface area is 893 Å². The molecule has 27 nitrogen and oxygen atoms in total. The lowest BCUT2D eigenvalue weighted by Crippen LogP contribution is -2.29. The zero-order valence-corrected chi connectivity index (χ0v) is 102. The second-order valence-electron chi connectivity index (χ2n) is 50.5. The minimum Gasteiger partial charge on any atom is -0.465 e. The van der Waals surface area contributed by atoms with Crippen molar-refractivity contribution in [2.45, 2.75) is 326 Å². The highest BCUT2D eigenvalue weighted by molar-refractivity contribution is 7.92. The number of aromatic nitrogens is 2. The van der Waals surface area contributed by atoms with Crippen LogP contribution in [0.2, 0.25) is 0 Å². The molecule has 2 heterocycles. The second-order valence-corrected chi connectivity index (χ2v) is 56.2. The molecule has 0 fully saturated rings. The molecule has 0 spiro atoms. The van der Waals surface area contributed by atoms with Crippen LogP contribution in [0.15, 0.2) is 127 Å². The Bertz CT molecular complexity index is 4350. The largest absolute Gasteiger partial charge is 0.490 e. The number of nitro groups is 1. The Morgan fingerprint density at radius 3 is 1.06 bits per heavy atom. The molecule has 4 aromatic carbocycles. The molecule has 145 heavy (non-hydrogen) atoms. The van der Waals surface area contributed by atoms with Gasteiger partial charge in [0.1, 0.15) is 6.33 Å². The summed E-state index contributed by atoms with van der Waals surface area (Å²) in [5.74, 6) is -1.86. The Morgan fingerprint density at radius 1 is 0.476 bits per heavy atom. The van der Waals surface area contributed by atoms with Crippen molar-refractivity contribution >= 4 is 113 Å².